The fourth-order valence-electron chi connectivity index (χ4n) is 3.97. The molecule has 0 spiro atoms. The number of hydrogen-bond acceptors (Lipinski definition) is 5. The van der Waals surface area contributed by atoms with Gasteiger partial charge in [-0.2, -0.15) is 0 Å². The number of ether oxygens (including phenoxy) is 2. The van der Waals surface area contributed by atoms with Crippen molar-refractivity contribution in [2.75, 3.05) is 19.5 Å². The molecule has 3 heterocycles. The Balaban J connectivity index is 1.41. The van der Waals surface area contributed by atoms with Crippen LogP contribution in [0.15, 0.2) is 83.9 Å². The average Bonchev–Trinajstić information content (AvgIpc) is 3.38. The summed E-state index contributed by atoms with van der Waals surface area (Å²) < 4.78 is 14.0. The molecule has 8 heteroatoms. The number of hydrogen-bond donors (Lipinski definition) is 1. The molecule has 0 radical (unpaired) electrons. The lowest BCUT2D eigenvalue weighted by Crippen LogP contribution is -2.24. The highest BCUT2D eigenvalue weighted by atomic mass is 16.5. The fraction of sp³-hybridized carbons (Fsp3) is 0.115. The number of pyridine rings is 1. The monoisotopic (exact) mass is 454 g/mol. The fourth-order valence-corrected chi connectivity index (χ4v) is 3.97. The minimum Gasteiger partial charge on any atom is -0.497 e. The first-order valence-corrected chi connectivity index (χ1v) is 10.7. The minimum absolute atomic E-state index is 0.121. The summed E-state index contributed by atoms with van der Waals surface area (Å²) in [5, 5.41) is 2.86. The summed E-state index contributed by atoms with van der Waals surface area (Å²) in [6, 6.07) is 19.8. The van der Waals surface area contributed by atoms with Crippen LogP contribution in [0.3, 0.4) is 0 Å². The smallest absolute Gasteiger partial charge is 0.276 e. The van der Waals surface area contributed by atoms with Crippen LogP contribution in [0.25, 0.3) is 16.7 Å². The number of nitrogens with one attached hydrogen (secondary N) is 1. The number of carbonyl (C=O) groups is 1. The van der Waals surface area contributed by atoms with Gasteiger partial charge in [-0.25, -0.2) is 4.98 Å². The number of nitrogens with zero attached hydrogens (tertiary/aromatic N) is 3. The second-order valence-corrected chi connectivity index (χ2v) is 7.72. The third-order valence-electron chi connectivity index (χ3n) is 5.71. The van der Waals surface area contributed by atoms with Crippen LogP contribution < -0.4 is 20.3 Å². The highest BCUT2D eigenvalue weighted by Crippen LogP contribution is 2.29. The molecule has 0 aliphatic carbocycles. The van der Waals surface area contributed by atoms with Gasteiger partial charge in [0.2, 0.25) is 0 Å². The molecule has 1 amide bonds. The highest BCUT2D eigenvalue weighted by Gasteiger charge is 2.13. The van der Waals surface area contributed by atoms with Crippen molar-refractivity contribution in [2.24, 2.45) is 0 Å². The van der Waals surface area contributed by atoms with E-state index in [-0.39, 0.29) is 11.5 Å². The van der Waals surface area contributed by atoms with E-state index < -0.39 is 0 Å². The Morgan fingerprint density at radius 3 is 2.53 bits per heavy atom. The second kappa shape index (κ2) is 8.74. The number of fused-ring (bicyclic) bond motifs is 3. The van der Waals surface area contributed by atoms with Crippen LogP contribution >= 0.6 is 0 Å². The van der Waals surface area contributed by atoms with Crippen molar-refractivity contribution in [3.8, 4) is 11.5 Å². The quantitative estimate of drug-likeness (QED) is 0.420. The van der Waals surface area contributed by atoms with E-state index in [4.69, 9.17) is 9.47 Å². The summed E-state index contributed by atoms with van der Waals surface area (Å²) in [4.78, 5) is 30.3. The van der Waals surface area contributed by atoms with Crippen molar-refractivity contribution in [2.45, 2.75) is 6.54 Å². The number of benzene rings is 2. The van der Waals surface area contributed by atoms with E-state index in [1.807, 2.05) is 40.9 Å². The van der Waals surface area contributed by atoms with Crippen LogP contribution in [0.4, 0.5) is 5.69 Å². The Kier molecular flexibility index (Phi) is 5.47. The predicted octanol–water partition coefficient (Wildman–Crippen LogP) is 3.97. The van der Waals surface area contributed by atoms with Gasteiger partial charge < -0.3 is 19.2 Å². The van der Waals surface area contributed by atoms with Crippen LogP contribution in [0.5, 0.6) is 11.5 Å². The van der Waals surface area contributed by atoms with Gasteiger partial charge in [-0.05, 0) is 54.1 Å². The zero-order valence-corrected chi connectivity index (χ0v) is 18.7. The summed E-state index contributed by atoms with van der Waals surface area (Å²) >= 11 is 0. The average molecular weight is 454 g/mol. The Morgan fingerprint density at radius 2 is 1.76 bits per heavy atom. The molecule has 0 saturated heterocycles. The van der Waals surface area contributed by atoms with Crippen LogP contribution in [0.1, 0.15) is 15.9 Å². The predicted molar refractivity (Wildman–Crippen MR) is 130 cm³/mol. The highest BCUT2D eigenvalue weighted by molar-refractivity contribution is 6.05. The van der Waals surface area contributed by atoms with Crippen LogP contribution in [0.2, 0.25) is 0 Å². The van der Waals surface area contributed by atoms with Gasteiger partial charge in [0.05, 0.1) is 32.0 Å². The van der Waals surface area contributed by atoms with Crippen molar-refractivity contribution in [1.29, 1.82) is 0 Å². The molecule has 0 fully saturated rings. The van der Waals surface area contributed by atoms with E-state index in [9.17, 15) is 9.59 Å². The summed E-state index contributed by atoms with van der Waals surface area (Å²) in [5.41, 5.74) is 3.83. The van der Waals surface area contributed by atoms with Crippen molar-refractivity contribution in [3.63, 3.8) is 0 Å². The van der Waals surface area contributed by atoms with Gasteiger partial charge in [0, 0.05) is 24.0 Å². The molecule has 0 atom stereocenters. The number of anilines is 1. The lowest BCUT2D eigenvalue weighted by atomic mass is 10.1. The molecule has 3 aromatic heterocycles. The molecule has 1 N–H and O–H groups in total. The second-order valence-electron chi connectivity index (χ2n) is 7.72. The number of rotatable bonds is 6. The molecule has 0 bridgehead atoms. The van der Waals surface area contributed by atoms with Crippen molar-refractivity contribution >= 4 is 28.3 Å². The molecule has 5 rings (SSSR count). The summed E-state index contributed by atoms with van der Waals surface area (Å²) in [6.07, 6.45) is 3.53. The van der Waals surface area contributed by atoms with Crippen molar-refractivity contribution in [1.82, 2.24) is 14.0 Å². The Morgan fingerprint density at radius 1 is 0.971 bits per heavy atom. The lowest BCUT2D eigenvalue weighted by molar-refractivity contribution is 0.102. The largest absolute Gasteiger partial charge is 0.497 e. The SMILES string of the molecule is COc1ccc(NC(=O)c2ccc(Cn3c(=O)c4cccn4c4cccnc43)cc2)c(OC)c1. The molecular weight excluding hydrogens is 432 g/mol. The Labute approximate surface area is 195 Å². The van der Waals surface area contributed by atoms with Gasteiger partial charge in [-0.15, -0.1) is 0 Å². The van der Waals surface area contributed by atoms with Gasteiger partial charge >= 0.3 is 0 Å². The lowest BCUT2D eigenvalue weighted by Gasteiger charge is -2.13. The molecular formula is C26H22N4O4. The Bertz CT molecular complexity index is 1570. The minimum atomic E-state index is -0.270. The van der Waals surface area contributed by atoms with Crippen LogP contribution in [-0.4, -0.2) is 34.1 Å². The first kappa shape index (κ1) is 21.3. The summed E-state index contributed by atoms with van der Waals surface area (Å²) in [6.45, 7) is 0.336. The standard InChI is InChI=1S/C26H22N4O4/c1-33-19-11-12-20(23(15-19)34-2)28-25(31)18-9-7-17(8-10-18)16-30-24-21(5-3-13-27-24)29-14-4-6-22(29)26(30)32/h3-15H,16H2,1-2H3,(H,28,31). The van der Waals surface area contributed by atoms with E-state index in [0.29, 0.717) is 40.5 Å². The maximum absolute atomic E-state index is 13.1. The van der Waals surface area contributed by atoms with E-state index in [1.54, 1.807) is 54.3 Å². The van der Waals surface area contributed by atoms with E-state index in [2.05, 4.69) is 10.3 Å². The Hall–Kier alpha value is -4.59. The normalized spacial score (nSPS) is 11.0. The van der Waals surface area contributed by atoms with Crippen molar-refractivity contribution in [3.05, 3.63) is 101 Å². The molecule has 0 unspecified atom stereocenters. The summed E-state index contributed by atoms with van der Waals surface area (Å²) in [5.74, 6) is 0.868. The molecule has 0 aliphatic rings. The molecule has 2 aromatic carbocycles. The molecule has 0 saturated carbocycles. The van der Waals surface area contributed by atoms with Crippen LogP contribution in [0, 0.1) is 0 Å². The maximum Gasteiger partial charge on any atom is 0.276 e. The molecule has 34 heavy (non-hydrogen) atoms. The number of carbonyl (C=O) groups excluding carboxylic acids is 1. The van der Waals surface area contributed by atoms with Gasteiger partial charge in [-0.1, -0.05) is 12.1 Å². The number of amides is 1. The molecule has 170 valence electrons. The van der Waals surface area contributed by atoms with Gasteiger partial charge in [-0.3, -0.25) is 14.2 Å². The van der Waals surface area contributed by atoms with Gasteiger partial charge in [0.15, 0.2) is 5.65 Å². The van der Waals surface area contributed by atoms with E-state index >= 15 is 0 Å². The summed E-state index contributed by atoms with van der Waals surface area (Å²) in [7, 11) is 3.10. The van der Waals surface area contributed by atoms with Gasteiger partial charge in [0.25, 0.3) is 11.5 Å². The first-order valence-electron chi connectivity index (χ1n) is 10.7. The number of methoxy groups -OCH3 is 2. The third kappa shape index (κ3) is 3.75. The van der Waals surface area contributed by atoms with Crippen LogP contribution in [-0.2, 0) is 6.54 Å². The third-order valence-corrected chi connectivity index (χ3v) is 5.71. The van der Waals surface area contributed by atoms with Gasteiger partial charge in [0.1, 0.15) is 17.0 Å². The zero-order valence-electron chi connectivity index (χ0n) is 18.7. The maximum atomic E-state index is 13.1. The molecule has 0 aliphatic heterocycles. The number of aromatic nitrogens is 3. The molecule has 5 aromatic rings. The first-order chi connectivity index (χ1) is 16.6. The molecule has 8 nitrogen and oxygen atoms in total. The zero-order chi connectivity index (χ0) is 23.7. The topological polar surface area (TPSA) is 86.9 Å². The van der Waals surface area contributed by atoms with E-state index in [1.165, 1.54) is 7.11 Å². The van der Waals surface area contributed by atoms with E-state index in [0.717, 1.165) is 11.1 Å². The van der Waals surface area contributed by atoms with Crippen molar-refractivity contribution < 1.29 is 14.3 Å².